The number of halogens is 2. The second-order valence-electron chi connectivity index (χ2n) is 4.09. The first-order chi connectivity index (χ1) is 9.13. The van der Waals surface area contributed by atoms with Gasteiger partial charge in [-0.25, -0.2) is 14.4 Å². The van der Waals surface area contributed by atoms with Crippen molar-refractivity contribution in [1.82, 2.24) is 9.97 Å². The average Bonchev–Trinajstić information content (AvgIpc) is 2.38. The van der Waals surface area contributed by atoms with Crippen LogP contribution in [-0.2, 0) is 6.42 Å². The summed E-state index contributed by atoms with van der Waals surface area (Å²) >= 11 is 3.33. The second-order valence-corrected chi connectivity index (χ2v) is 4.90. The fourth-order valence-corrected chi connectivity index (χ4v) is 2.19. The lowest BCUT2D eigenvalue weighted by Crippen LogP contribution is -1.98. The van der Waals surface area contributed by atoms with Gasteiger partial charge in [0.2, 0.25) is 0 Å². The lowest BCUT2D eigenvalue weighted by Gasteiger charge is -2.07. The van der Waals surface area contributed by atoms with Crippen molar-refractivity contribution < 1.29 is 9.13 Å². The third-order valence-electron chi connectivity index (χ3n) is 2.67. The van der Waals surface area contributed by atoms with E-state index in [4.69, 9.17) is 4.74 Å². The molecule has 0 bridgehead atoms. The maximum absolute atomic E-state index is 14.0. The van der Waals surface area contributed by atoms with E-state index in [0.717, 1.165) is 12.8 Å². The highest BCUT2D eigenvalue weighted by atomic mass is 79.9. The van der Waals surface area contributed by atoms with Crippen molar-refractivity contribution in [3.63, 3.8) is 0 Å². The van der Waals surface area contributed by atoms with Gasteiger partial charge < -0.3 is 4.74 Å². The summed E-state index contributed by atoms with van der Waals surface area (Å²) in [5, 5.41) is 0. The van der Waals surface area contributed by atoms with Crippen LogP contribution in [0, 0.1) is 5.82 Å². The normalized spacial score (nSPS) is 10.5. The van der Waals surface area contributed by atoms with Crippen LogP contribution in [0.3, 0.4) is 0 Å². The van der Waals surface area contributed by atoms with Crippen LogP contribution in [0.25, 0.3) is 11.3 Å². The quantitative estimate of drug-likeness (QED) is 0.797. The van der Waals surface area contributed by atoms with Crippen molar-refractivity contribution >= 4 is 15.9 Å². The largest absolute Gasteiger partial charge is 0.497 e. The Balaban J connectivity index is 2.46. The molecule has 0 unspecified atom stereocenters. The van der Waals surface area contributed by atoms with E-state index in [0.29, 0.717) is 27.4 Å². The minimum atomic E-state index is -0.354. The van der Waals surface area contributed by atoms with Gasteiger partial charge in [0.15, 0.2) is 0 Å². The third kappa shape index (κ3) is 3.29. The molecular weight excluding hydrogens is 311 g/mol. The predicted octanol–water partition coefficient (Wildman–Crippen LogP) is 4.01. The van der Waals surface area contributed by atoms with Gasteiger partial charge in [-0.2, -0.15) is 0 Å². The third-order valence-corrected chi connectivity index (χ3v) is 3.07. The molecule has 0 aliphatic heterocycles. The number of hydrogen-bond acceptors (Lipinski definition) is 3. The molecule has 0 spiro atoms. The van der Waals surface area contributed by atoms with Gasteiger partial charge in [0.25, 0.3) is 0 Å². The number of nitrogens with zero attached hydrogens (tertiary/aromatic N) is 2. The molecule has 2 rings (SSSR count). The van der Waals surface area contributed by atoms with Crippen LogP contribution in [0.4, 0.5) is 4.39 Å². The number of aromatic nitrogens is 2. The van der Waals surface area contributed by atoms with E-state index in [2.05, 4.69) is 32.8 Å². The summed E-state index contributed by atoms with van der Waals surface area (Å²) in [4.78, 5) is 8.66. The number of aryl methyl sites for hydroxylation is 1. The predicted molar refractivity (Wildman–Crippen MR) is 75.7 cm³/mol. The van der Waals surface area contributed by atoms with E-state index in [-0.39, 0.29) is 5.82 Å². The smallest absolute Gasteiger partial charge is 0.136 e. The summed E-state index contributed by atoms with van der Waals surface area (Å²) in [6, 6.07) is 6.45. The minimum Gasteiger partial charge on any atom is -0.497 e. The van der Waals surface area contributed by atoms with Crippen molar-refractivity contribution in [2.75, 3.05) is 7.11 Å². The molecule has 3 nitrogen and oxygen atoms in total. The van der Waals surface area contributed by atoms with E-state index < -0.39 is 0 Å². The molecule has 0 saturated heterocycles. The molecule has 0 radical (unpaired) electrons. The fraction of sp³-hybridized carbons (Fsp3) is 0.286. The molecule has 100 valence electrons. The molecule has 1 aromatic carbocycles. The Morgan fingerprint density at radius 2 is 2.05 bits per heavy atom. The lowest BCUT2D eigenvalue weighted by molar-refractivity contribution is 0.411. The van der Waals surface area contributed by atoms with Gasteiger partial charge in [-0.15, -0.1) is 0 Å². The zero-order chi connectivity index (χ0) is 13.8. The van der Waals surface area contributed by atoms with Crippen LogP contribution in [0.1, 0.15) is 19.2 Å². The van der Waals surface area contributed by atoms with Crippen LogP contribution < -0.4 is 4.74 Å². The standard InChI is InChI=1S/C14H14BrFN2O/c1-3-4-14-17-12(8-13(15)18-14)10-6-5-9(19-2)7-11(10)16/h5-8H,3-4H2,1-2H3. The van der Waals surface area contributed by atoms with Crippen molar-refractivity contribution in [2.24, 2.45) is 0 Å². The van der Waals surface area contributed by atoms with Gasteiger partial charge in [-0.3, -0.25) is 0 Å². The Labute approximate surface area is 120 Å². The van der Waals surface area contributed by atoms with Gasteiger partial charge in [0, 0.05) is 18.1 Å². The lowest BCUT2D eigenvalue weighted by atomic mass is 10.1. The van der Waals surface area contributed by atoms with Gasteiger partial charge in [-0.05, 0) is 40.5 Å². The molecule has 1 heterocycles. The first kappa shape index (κ1) is 13.9. The number of rotatable bonds is 4. The van der Waals surface area contributed by atoms with Crippen LogP contribution >= 0.6 is 15.9 Å². The highest BCUT2D eigenvalue weighted by Gasteiger charge is 2.10. The van der Waals surface area contributed by atoms with Crippen LogP contribution in [0.2, 0.25) is 0 Å². The van der Waals surface area contributed by atoms with Gasteiger partial charge in [0.1, 0.15) is 22.0 Å². The van der Waals surface area contributed by atoms with E-state index in [9.17, 15) is 4.39 Å². The van der Waals surface area contributed by atoms with Gasteiger partial charge >= 0.3 is 0 Å². The number of methoxy groups -OCH3 is 1. The highest BCUT2D eigenvalue weighted by molar-refractivity contribution is 9.10. The maximum Gasteiger partial charge on any atom is 0.136 e. The first-order valence-corrected chi connectivity index (χ1v) is 6.80. The second kappa shape index (κ2) is 6.10. The SMILES string of the molecule is CCCc1nc(Br)cc(-c2ccc(OC)cc2F)n1. The molecule has 0 saturated carbocycles. The van der Waals surface area contributed by atoms with E-state index in [1.807, 2.05) is 0 Å². The van der Waals surface area contributed by atoms with E-state index in [1.165, 1.54) is 13.2 Å². The van der Waals surface area contributed by atoms with Crippen molar-refractivity contribution in [1.29, 1.82) is 0 Å². The Morgan fingerprint density at radius 1 is 1.26 bits per heavy atom. The average molecular weight is 325 g/mol. The molecular formula is C14H14BrFN2O. The number of benzene rings is 1. The molecule has 5 heteroatoms. The Morgan fingerprint density at radius 3 is 2.68 bits per heavy atom. The maximum atomic E-state index is 14.0. The number of hydrogen-bond donors (Lipinski definition) is 0. The van der Waals surface area contributed by atoms with E-state index in [1.54, 1.807) is 18.2 Å². The summed E-state index contributed by atoms with van der Waals surface area (Å²) in [6.07, 6.45) is 1.71. The Bertz CT molecular complexity index is 590. The summed E-state index contributed by atoms with van der Waals surface area (Å²) in [5.41, 5.74) is 1.02. The van der Waals surface area contributed by atoms with Crippen LogP contribution in [0.15, 0.2) is 28.9 Å². The van der Waals surface area contributed by atoms with Crippen molar-refractivity contribution in [3.05, 3.63) is 40.5 Å². The summed E-state index contributed by atoms with van der Waals surface area (Å²) in [7, 11) is 1.51. The molecule has 0 amide bonds. The molecule has 1 aromatic heterocycles. The Kier molecular flexibility index (Phi) is 4.47. The van der Waals surface area contributed by atoms with Crippen LogP contribution in [-0.4, -0.2) is 17.1 Å². The molecule has 0 N–H and O–H groups in total. The molecule has 0 atom stereocenters. The minimum absolute atomic E-state index is 0.354. The first-order valence-electron chi connectivity index (χ1n) is 6.01. The number of ether oxygens (including phenoxy) is 1. The molecule has 0 aliphatic carbocycles. The zero-order valence-corrected chi connectivity index (χ0v) is 12.4. The Hall–Kier alpha value is -1.49. The molecule has 19 heavy (non-hydrogen) atoms. The van der Waals surface area contributed by atoms with Gasteiger partial charge in [0.05, 0.1) is 12.8 Å². The van der Waals surface area contributed by atoms with Crippen molar-refractivity contribution in [2.45, 2.75) is 19.8 Å². The topological polar surface area (TPSA) is 35.0 Å². The van der Waals surface area contributed by atoms with Crippen LogP contribution in [0.5, 0.6) is 5.75 Å². The zero-order valence-electron chi connectivity index (χ0n) is 10.8. The summed E-state index contributed by atoms with van der Waals surface area (Å²) in [6.45, 7) is 2.05. The monoisotopic (exact) mass is 324 g/mol. The van der Waals surface area contributed by atoms with Gasteiger partial charge in [-0.1, -0.05) is 6.92 Å². The summed E-state index contributed by atoms with van der Waals surface area (Å²) in [5.74, 6) is 0.845. The highest BCUT2D eigenvalue weighted by Crippen LogP contribution is 2.26. The van der Waals surface area contributed by atoms with E-state index >= 15 is 0 Å². The molecule has 2 aromatic rings. The molecule has 0 aliphatic rings. The summed E-state index contributed by atoms with van der Waals surface area (Å²) < 4.78 is 19.7. The fourth-order valence-electron chi connectivity index (χ4n) is 1.77. The van der Waals surface area contributed by atoms with Crippen molar-refractivity contribution in [3.8, 4) is 17.0 Å². The molecule has 0 fully saturated rings.